The molecule has 10 heavy (non-hydrogen) atoms. The summed E-state index contributed by atoms with van der Waals surface area (Å²) in [7, 11) is 0.0318. The van der Waals surface area contributed by atoms with E-state index in [1.807, 2.05) is 30.3 Å². The lowest BCUT2D eigenvalue weighted by atomic mass is 9.84. The molecule has 0 atom stereocenters. The molecule has 0 unspecified atom stereocenters. The lowest BCUT2D eigenvalue weighted by molar-refractivity contribution is 0.616. The van der Waals surface area contributed by atoms with Crippen LogP contribution in [0.25, 0.3) is 5.47 Å². The van der Waals surface area contributed by atoms with Crippen LogP contribution in [0.1, 0.15) is 5.56 Å². The highest BCUT2D eigenvalue weighted by atomic mass is 16.2. The summed E-state index contributed by atoms with van der Waals surface area (Å²) in [4.78, 5) is 0. The van der Waals surface area contributed by atoms with Crippen LogP contribution < -0.4 is 0 Å². The molecule has 1 aromatic rings. The van der Waals surface area contributed by atoms with Crippen molar-refractivity contribution in [2.75, 3.05) is 0 Å². The van der Waals surface area contributed by atoms with Gasteiger partial charge < -0.3 is 5.02 Å². The molecule has 0 aromatic heterocycles. The minimum Gasteiger partial charge on any atom is -0.449 e. The largest absolute Gasteiger partial charge is 0.449 e. The fourth-order valence-corrected chi connectivity index (χ4v) is 0.765. The zero-order chi connectivity index (χ0) is 7.40. The van der Waals surface area contributed by atoms with Crippen LogP contribution in [0, 0.1) is 0 Å². The van der Waals surface area contributed by atoms with E-state index < -0.39 is 0 Å². The van der Waals surface area contributed by atoms with Crippen LogP contribution in [0.3, 0.4) is 0 Å². The SMILES string of the molecule is C=C(BO)c1ccccc1. The average Bonchev–Trinajstić information content (AvgIpc) is 2.05. The molecule has 0 aliphatic rings. The Morgan fingerprint density at radius 2 is 1.90 bits per heavy atom. The Balaban J connectivity index is 2.85. The molecule has 1 aromatic carbocycles. The second-order valence-corrected chi connectivity index (χ2v) is 2.13. The van der Waals surface area contributed by atoms with Gasteiger partial charge in [0.05, 0.1) is 0 Å². The van der Waals surface area contributed by atoms with Gasteiger partial charge in [0, 0.05) is 0 Å². The first-order valence-electron chi connectivity index (χ1n) is 3.18. The molecule has 0 amide bonds. The maximum absolute atomic E-state index is 8.69. The number of hydrogen-bond acceptors (Lipinski definition) is 1. The van der Waals surface area contributed by atoms with Crippen molar-refractivity contribution in [2.24, 2.45) is 0 Å². The van der Waals surface area contributed by atoms with E-state index in [1.165, 1.54) is 0 Å². The van der Waals surface area contributed by atoms with Crippen LogP contribution in [0.4, 0.5) is 0 Å². The normalized spacial score (nSPS) is 8.90. The highest BCUT2D eigenvalue weighted by Crippen LogP contribution is 2.07. The van der Waals surface area contributed by atoms with E-state index in [0.29, 0.717) is 0 Å². The van der Waals surface area contributed by atoms with Crippen LogP contribution in [-0.2, 0) is 0 Å². The molecule has 0 saturated carbocycles. The first-order chi connectivity index (χ1) is 4.84. The summed E-state index contributed by atoms with van der Waals surface area (Å²) in [5.41, 5.74) is 1.77. The molecule has 1 N–H and O–H groups in total. The summed E-state index contributed by atoms with van der Waals surface area (Å²) in [5.74, 6) is 0. The molecule has 0 aliphatic carbocycles. The lowest BCUT2D eigenvalue weighted by Crippen LogP contribution is -1.91. The van der Waals surface area contributed by atoms with Crippen LogP contribution in [0.2, 0.25) is 0 Å². The molecular weight excluding hydrogens is 123 g/mol. The molecule has 0 heterocycles. The van der Waals surface area contributed by atoms with Crippen molar-refractivity contribution in [3.8, 4) is 0 Å². The van der Waals surface area contributed by atoms with Crippen molar-refractivity contribution in [1.29, 1.82) is 0 Å². The van der Waals surface area contributed by atoms with Crippen molar-refractivity contribution >= 4 is 13.0 Å². The van der Waals surface area contributed by atoms with Crippen molar-refractivity contribution in [2.45, 2.75) is 0 Å². The third kappa shape index (κ3) is 1.48. The molecule has 0 saturated heterocycles. The van der Waals surface area contributed by atoms with E-state index in [1.54, 1.807) is 0 Å². The Morgan fingerprint density at radius 3 is 2.40 bits per heavy atom. The van der Waals surface area contributed by atoms with E-state index in [0.717, 1.165) is 11.0 Å². The van der Waals surface area contributed by atoms with E-state index >= 15 is 0 Å². The van der Waals surface area contributed by atoms with Crippen molar-refractivity contribution < 1.29 is 5.02 Å². The zero-order valence-corrected chi connectivity index (χ0v) is 5.75. The first kappa shape index (κ1) is 7.10. The van der Waals surface area contributed by atoms with Gasteiger partial charge in [-0.05, 0) is 5.56 Å². The molecule has 0 bridgehead atoms. The number of rotatable bonds is 2. The fraction of sp³-hybridized carbons (Fsp3) is 0. The summed E-state index contributed by atoms with van der Waals surface area (Å²) in [6.07, 6.45) is 0. The second-order valence-electron chi connectivity index (χ2n) is 2.13. The molecule has 1 nitrogen and oxygen atoms in total. The smallest absolute Gasteiger partial charge is 0.304 e. The Morgan fingerprint density at radius 1 is 1.30 bits per heavy atom. The van der Waals surface area contributed by atoms with Gasteiger partial charge in [0.1, 0.15) is 0 Å². The van der Waals surface area contributed by atoms with Gasteiger partial charge in [0.15, 0.2) is 0 Å². The molecule has 0 radical (unpaired) electrons. The average molecular weight is 132 g/mol. The maximum atomic E-state index is 8.69. The van der Waals surface area contributed by atoms with Crippen molar-refractivity contribution in [3.63, 3.8) is 0 Å². The van der Waals surface area contributed by atoms with Gasteiger partial charge in [-0.25, -0.2) is 0 Å². The van der Waals surface area contributed by atoms with E-state index in [4.69, 9.17) is 5.02 Å². The quantitative estimate of drug-likeness (QED) is 0.595. The van der Waals surface area contributed by atoms with Gasteiger partial charge in [0.25, 0.3) is 0 Å². The van der Waals surface area contributed by atoms with Gasteiger partial charge in [-0.3, -0.25) is 0 Å². The van der Waals surface area contributed by atoms with Gasteiger partial charge in [0.2, 0.25) is 0 Å². The predicted octanol–water partition coefficient (Wildman–Crippen LogP) is 1.00. The first-order valence-corrected chi connectivity index (χ1v) is 3.18. The Kier molecular flexibility index (Phi) is 2.29. The van der Waals surface area contributed by atoms with Crippen molar-refractivity contribution in [1.82, 2.24) is 0 Å². The van der Waals surface area contributed by atoms with Crippen LogP contribution in [0.15, 0.2) is 36.9 Å². The molecule has 2 heteroatoms. The predicted molar refractivity (Wildman–Crippen MR) is 44.8 cm³/mol. The van der Waals surface area contributed by atoms with E-state index in [2.05, 4.69) is 6.58 Å². The summed E-state index contributed by atoms with van der Waals surface area (Å²) in [6.45, 7) is 3.69. The fourth-order valence-electron chi connectivity index (χ4n) is 0.765. The molecule has 1 rings (SSSR count). The van der Waals surface area contributed by atoms with Crippen LogP contribution in [-0.4, -0.2) is 12.5 Å². The van der Waals surface area contributed by atoms with E-state index in [-0.39, 0.29) is 7.48 Å². The molecule has 0 spiro atoms. The molecule has 50 valence electrons. The van der Waals surface area contributed by atoms with Crippen LogP contribution in [0.5, 0.6) is 0 Å². The third-order valence-electron chi connectivity index (χ3n) is 1.37. The summed E-state index contributed by atoms with van der Waals surface area (Å²) in [5, 5.41) is 8.69. The van der Waals surface area contributed by atoms with Crippen molar-refractivity contribution in [3.05, 3.63) is 42.5 Å². The van der Waals surface area contributed by atoms with E-state index in [9.17, 15) is 0 Å². The zero-order valence-electron chi connectivity index (χ0n) is 5.75. The maximum Gasteiger partial charge on any atom is 0.304 e. The van der Waals surface area contributed by atoms with Gasteiger partial charge in [-0.1, -0.05) is 35.8 Å². The second kappa shape index (κ2) is 3.23. The Bertz CT molecular complexity index is 218. The Hall–Kier alpha value is -1.02. The Labute approximate surface area is 61.3 Å². The number of hydrogen-bond donors (Lipinski definition) is 1. The summed E-state index contributed by atoms with van der Waals surface area (Å²) in [6, 6.07) is 9.65. The summed E-state index contributed by atoms with van der Waals surface area (Å²) < 4.78 is 0. The highest BCUT2D eigenvalue weighted by molar-refractivity contribution is 6.53. The van der Waals surface area contributed by atoms with Gasteiger partial charge in [-0.2, -0.15) is 0 Å². The third-order valence-corrected chi connectivity index (χ3v) is 1.37. The van der Waals surface area contributed by atoms with Crippen LogP contribution >= 0.6 is 0 Å². The lowest BCUT2D eigenvalue weighted by Gasteiger charge is -1.97. The minimum atomic E-state index is 0.0318. The summed E-state index contributed by atoms with van der Waals surface area (Å²) >= 11 is 0. The minimum absolute atomic E-state index is 0.0318. The highest BCUT2D eigenvalue weighted by Gasteiger charge is 1.95. The van der Waals surface area contributed by atoms with Gasteiger partial charge in [-0.15, -0.1) is 6.58 Å². The number of benzene rings is 1. The molecular formula is C8H9BO. The van der Waals surface area contributed by atoms with Gasteiger partial charge >= 0.3 is 7.48 Å². The topological polar surface area (TPSA) is 20.2 Å². The standard InChI is InChI=1S/C8H9BO/c1-7(9-10)8-5-3-2-4-6-8/h2-6,9-10H,1H2. The monoisotopic (exact) mass is 132 g/mol. The molecule has 0 fully saturated rings. The molecule has 0 aliphatic heterocycles.